The highest BCUT2D eigenvalue weighted by Gasteiger charge is 2.15. The number of nitrogens with one attached hydrogen (secondary N) is 1. The van der Waals surface area contributed by atoms with Crippen LogP contribution < -0.4 is 5.32 Å². The van der Waals surface area contributed by atoms with E-state index in [1.807, 2.05) is 24.6 Å². The second-order valence-corrected chi connectivity index (χ2v) is 7.42. The van der Waals surface area contributed by atoms with Crippen molar-refractivity contribution in [1.82, 2.24) is 9.55 Å². The van der Waals surface area contributed by atoms with Crippen LogP contribution in [0.1, 0.15) is 28.4 Å². The van der Waals surface area contributed by atoms with Crippen molar-refractivity contribution in [1.29, 1.82) is 0 Å². The molecule has 0 spiro atoms. The van der Waals surface area contributed by atoms with Crippen molar-refractivity contribution in [2.75, 3.05) is 17.7 Å². The second kappa shape index (κ2) is 9.43. The van der Waals surface area contributed by atoms with Crippen LogP contribution >= 0.6 is 11.8 Å². The van der Waals surface area contributed by atoms with Gasteiger partial charge in [0.25, 0.3) is 0 Å². The Morgan fingerprint density at radius 1 is 1.17 bits per heavy atom. The van der Waals surface area contributed by atoms with E-state index >= 15 is 0 Å². The molecule has 1 N–H and O–H groups in total. The van der Waals surface area contributed by atoms with E-state index in [0.29, 0.717) is 11.3 Å². The molecular formula is C22H23N3O3S. The van der Waals surface area contributed by atoms with Crippen LogP contribution in [0.3, 0.4) is 0 Å². The number of esters is 1. The maximum Gasteiger partial charge on any atom is 0.340 e. The Labute approximate surface area is 174 Å². The number of hydrogen-bond acceptors (Lipinski definition) is 5. The lowest BCUT2D eigenvalue weighted by Crippen LogP contribution is -2.17. The van der Waals surface area contributed by atoms with Crippen LogP contribution in [0.25, 0.3) is 5.69 Å². The van der Waals surface area contributed by atoms with E-state index in [1.54, 1.807) is 37.4 Å². The highest BCUT2D eigenvalue weighted by Crippen LogP contribution is 2.24. The summed E-state index contributed by atoms with van der Waals surface area (Å²) in [5.41, 5.74) is 4.10. The first kappa shape index (κ1) is 20.7. The first-order valence-corrected chi connectivity index (χ1v) is 10.3. The highest BCUT2D eigenvalue weighted by molar-refractivity contribution is 7.99. The fourth-order valence-corrected chi connectivity index (χ4v) is 3.62. The molecule has 0 fully saturated rings. The average Bonchev–Trinajstić information content (AvgIpc) is 3.17. The molecule has 1 amide bonds. The van der Waals surface area contributed by atoms with E-state index < -0.39 is 5.97 Å². The zero-order chi connectivity index (χ0) is 20.8. The van der Waals surface area contributed by atoms with Gasteiger partial charge in [-0.2, -0.15) is 0 Å². The number of aryl methyl sites for hydroxylation is 2. The van der Waals surface area contributed by atoms with Crippen LogP contribution in [0.2, 0.25) is 0 Å². The normalized spacial score (nSPS) is 10.6. The molecule has 1 heterocycles. The van der Waals surface area contributed by atoms with Gasteiger partial charge in [-0.1, -0.05) is 36.0 Å². The number of rotatable bonds is 7. The Balaban J connectivity index is 1.70. The Morgan fingerprint density at radius 2 is 1.97 bits per heavy atom. The molecule has 0 unspecified atom stereocenters. The number of carbonyl (C=O) groups excluding carboxylic acids is 2. The van der Waals surface area contributed by atoms with E-state index in [0.717, 1.165) is 22.0 Å². The number of para-hydroxylation sites is 1. The first-order valence-electron chi connectivity index (χ1n) is 9.29. The van der Waals surface area contributed by atoms with Crippen LogP contribution in [-0.4, -0.2) is 33.8 Å². The number of ether oxygens (including phenoxy) is 1. The van der Waals surface area contributed by atoms with Crippen molar-refractivity contribution in [3.63, 3.8) is 0 Å². The molecule has 0 saturated carbocycles. The van der Waals surface area contributed by atoms with Gasteiger partial charge in [0.05, 0.1) is 29.3 Å². The number of anilines is 1. The molecule has 2 aromatic carbocycles. The summed E-state index contributed by atoms with van der Waals surface area (Å²) in [6, 6.07) is 13.0. The van der Waals surface area contributed by atoms with Crippen LogP contribution in [0.5, 0.6) is 0 Å². The number of hydrogen-bond donors (Lipinski definition) is 1. The monoisotopic (exact) mass is 409 g/mol. The molecule has 3 rings (SSSR count). The minimum atomic E-state index is -0.457. The predicted molar refractivity (Wildman–Crippen MR) is 115 cm³/mol. The van der Waals surface area contributed by atoms with Gasteiger partial charge in [-0.05, 0) is 50.1 Å². The van der Waals surface area contributed by atoms with Crippen LogP contribution in [0.15, 0.2) is 60.0 Å². The molecule has 7 heteroatoms. The summed E-state index contributed by atoms with van der Waals surface area (Å²) in [7, 11) is 0. The van der Waals surface area contributed by atoms with Crippen LogP contribution in [0.4, 0.5) is 5.69 Å². The molecule has 0 aliphatic rings. The van der Waals surface area contributed by atoms with Gasteiger partial charge in [-0.15, -0.1) is 0 Å². The lowest BCUT2D eigenvalue weighted by atomic mass is 10.1. The summed E-state index contributed by atoms with van der Waals surface area (Å²) in [4.78, 5) is 28.9. The predicted octanol–water partition coefficient (Wildman–Crippen LogP) is 4.40. The third kappa shape index (κ3) is 5.06. The molecule has 6 nitrogen and oxygen atoms in total. The van der Waals surface area contributed by atoms with Gasteiger partial charge in [0.2, 0.25) is 5.91 Å². The number of benzene rings is 2. The standard InChI is InChI=1S/C22H23N3O3S/c1-4-28-21(27)17-7-5-6-8-18(17)24-20(26)14-29-22-23-11-12-25(22)19-13-15(2)9-10-16(19)3/h5-13H,4,14H2,1-3H3,(H,24,26). The maximum absolute atomic E-state index is 12.5. The third-order valence-corrected chi connectivity index (χ3v) is 5.23. The van der Waals surface area contributed by atoms with Gasteiger partial charge in [0.15, 0.2) is 5.16 Å². The second-order valence-electron chi connectivity index (χ2n) is 6.47. The summed E-state index contributed by atoms with van der Waals surface area (Å²) in [6.45, 7) is 6.11. The van der Waals surface area contributed by atoms with Gasteiger partial charge in [-0.3, -0.25) is 9.36 Å². The molecule has 1 aromatic heterocycles. The average molecular weight is 410 g/mol. The van der Waals surface area contributed by atoms with Crippen molar-refractivity contribution in [2.45, 2.75) is 25.9 Å². The molecular weight excluding hydrogens is 386 g/mol. The lowest BCUT2D eigenvalue weighted by molar-refractivity contribution is -0.113. The molecule has 3 aromatic rings. The third-order valence-electron chi connectivity index (χ3n) is 4.26. The van der Waals surface area contributed by atoms with Gasteiger partial charge in [0, 0.05) is 12.4 Å². The van der Waals surface area contributed by atoms with Gasteiger partial charge in [-0.25, -0.2) is 9.78 Å². The van der Waals surface area contributed by atoms with E-state index in [1.165, 1.54) is 11.8 Å². The van der Waals surface area contributed by atoms with Crippen molar-refractivity contribution in [2.24, 2.45) is 0 Å². The Hall–Kier alpha value is -3.06. The quantitative estimate of drug-likeness (QED) is 0.463. The van der Waals surface area contributed by atoms with Crippen LogP contribution in [-0.2, 0) is 9.53 Å². The SMILES string of the molecule is CCOC(=O)c1ccccc1NC(=O)CSc1nccn1-c1cc(C)ccc1C. The molecule has 0 radical (unpaired) electrons. The topological polar surface area (TPSA) is 73.2 Å². The minimum Gasteiger partial charge on any atom is -0.462 e. The largest absolute Gasteiger partial charge is 0.462 e. The fraction of sp³-hybridized carbons (Fsp3) is 0.227. The Kier molecular flexibility index (Phi) is 6.72. The zero-order valence-corrected chi connectivity index (χ0v) is 17.5. The Morgan fingerprint density at radius 3 is 2.76 bits per heavy atom. The van der Waals surface area contributed by atoms with Crippen molar-refractivity contribution in [3.05, 3.63) is 71.5 Å². The van der Waals surface area contributed by atoms with Crippen molar-refractivity contribution in [3.8, 4) is 5.69 Å². The summed E-state index contributed by atoms with van der Waals surface area (Å²) in [5.74, 6) is -0.511. The Bertz CT molecular complexity index is 1030. The van der Waals surface area contributed by atoms with Crippen LogP contribution in [0, 0.1) is 13.8 Å². The zero-order valence-electron chi connectivity index (χ0n) is 16.6. The molecule has 0 saturated heterocycles. The first-order chi connectivity index (χ1) is 14.0. The molecule has 0 atom stereocenters. The smallest absolute Gasteiger partial charge is 0.340 e. The number of aromatic nitrogens is 2. The minimum absolute atomic E-state index is 0.166. The van der Waals surface area contributed by atoms with Crippen molar-refractivity contribution < 1.29 is 14.3 Å². The van der Waals surface area contributed by atoms with E-state index in [-0.39, 0.29) is 18.3 Å². The fourth-order valence-electron chi connectivity index (χ4n) is 2.85. The summed E-state index contributed by atoms with van der Waals surface area (Å²) >= 11 is 1.34. The lowest BCUT2D eigenvalue weighted by Gasteiger charge is -2.12. The molecule has 29 heavy (non-hydrogen) atoms. The van der Waals surface area contributed by atoms with E-state index in [9.17, 15) is 9.59 Å². The van der Waals surface area contributed by atoms with Gasteiger partial charge < -0.3 is 10.1 Å². The number of carbonyl (C=O) groups is 2. The summed E-state index contributed by atoms with van der Waals surface area (Å²) in [5, 5.41) is 3.52. The van der Waals surface area contributed by atoms with E-state index in [2.05, 4.69) is 28.5 Å². The van der Waals surface area contributed by atoms with Crippen molar-refractivity contribution >= 4 is 29.3 Å². The highest BCUT2D eigenvalue weighted by atomic mass is 32.2. The summed E-state index contributed by atoms with van der Waals surface area (Å²) in [6.07, 6.45) is 3.61. The molecule has 0 aliphatic heterocycles. The molecule has 0 bridgehead atoms. The number of imidazole rings is 1. The summed E-state index contributed by atoms with van der Waals surface area (Å²) < 4.78 is 7.02. The van der Waals surface area contributed by atoms with E-state index in [4.69, 9.17) is 4.74 Å². The maximum atomic E-state index is 12.5. The number of nitrogens with zero attached hydrogens (tertiary/aromatic N) is 2. The molecule has 0 aliphatic carbocycles. The number of thioether (sulfide) groups is 1. The van der Waals surface area contributed by atoms with Gasteiger partial charge >= 0.3 is 5.97 Å². The molecule has 150 valence electrons. The number of amides is 1. The van der Waals surface area contributed by atoms with Gasteiger partial charge in [0.1, 0.15) is 0 Å².